The highest BCUT2D eigenvalue weighted by molar-refractivity contribution is 7.89. The van der Waals surface area contributed by atoms with Gasteiger partial charge in [-0.2, -0.15) is 4.31 Å². The van der Waals surface area contributed by atoms with E-state index in [9.17, 15) is 18.0 Å². The number of nitrogens with zero attached hydrogens (tertiary/aromatic N) is 2. The topological polar surface area (TPSA) is 86.8 Å². The molecule has 1 aromatic carbocycles. The lowest BCUT2D eigenvalue weighted by atomic mass is 9.97. The van der Waals surface area contributed by atoms with E-state index in [1.165, 1.54) is 4.31 Å². The van der Waals surface area contributed by atoms with Crippen LogP contribution in [0.3, 0.4) is 0 Å². The predicted molar refractivity (Wildman–Crippen MR) is 115 cm³/mol. The molecule has 166 valence electrons. The van der Waals surface area contributed by atoms with Crippen molar-refractivity contribution >= 4 is 21.8 Å². The number of benzene rings is 1. The Balaban J connectivity index is 1.46. The fourth-order valence-corrected chi connectivity index (χ4v) is 5.56. The molecule has 2 amide bonds. The summed E-state index contributed by atoms with van der Waals surface area (Å²) in [4.78, 5) is 26.6. The zero-order valence-corrected chi connectivity index (χ0v) is 18.8. The third-order valence-electron chi connectivity index (χ3n) is 6.11. The molecule has 1 aromatic rings. The van der Waals surface area contributed by atoms with Crippen LogP contribution in [0.15, 0.2) is 29.2 Å². The molecule has 0 atom stereocenters. The smallest absolute Gasteiger partial charge is 0.243 e. The average molecular weight is 436 g/mol. The molecule has 2 aliphatic heterocycles. The summed E-state index contributed by atoms with van der Waals surface area (Å²) in [7, 11) is -3.54. The first kappa shape index (κ1) is 22.7. The minimum atomic E-state index is -3.54. The van der Waals surface area contributed by atoms with E-state index in [1.54, 1.807) is 12.1 Å². The van der Waals surface area contributed by atoms with Gasteiger partial charge in [0.25, 0.3) is 0 Å². The average Bonchev–Trinajstić information content (AvgIpc) is 3.29. The standard InChI is InChI=1S/C22H33N3O4S/c1-17(2)18-5-7-20(8-6-18)30(28,29)25-15-10-19(11-16-25)22(27)23-12-9-21(26)24-13-3-4-14-24/h5-8,17,19H,3-4,9-16H2,1-2H3,(H,23,27). The maximum absolute atomic E-state index is 12.9. The number of sulfonamides is 1. The van der Waals surface area contributed by atoms with Crippen LogP contribution in [0.2, 0.25) is 0 Å². The lowest BCUT2D eigenvalue weighted by molar-refractivity contribution is -0.130. The molecule has 0 spiro atoms. The summed E-state index contributed by atoms with van der Waals surface area (Å²) in [5.74, 6) is 0.156. The zero-order chi connectivity index (χ0) is 21.7. The molecule has 7 nitrogen and oxygen atoms in total. The summed E-state index contributed by atoms with van der Waals surface area (Å²) in [5.41, 5.74) is 1.10. The predicted octanol–water partition coefficient (Wildman–Crippen LogP) is 2.34. The molecular weight excluding hydrogens is 402 g/mol. The number of carbonyl (C=O) groups excluding carboxylic acids is 2. The van der Waals surface area contributed by atoms with Gasteiger partial charge in [0, 0.05) is 45.1 Å². The van der Waals surface area contributed by atoms with Gasteiger partial charge in [0.1, 0.15) is 0 Å². The highest BCUT2D eigenvalue weighted by atomic mass is 32.2. The number of carbonyl (C=O) groups is 2. The van der Waals surface area contributed by atoms with Crippen LogP contribution in [0.4, 0.5) is 0 Å². The Kier molecular flexibility index (Phi) is 7.52. The third-order valence-corrected chi connectivity index (χ3v) is 8.02. The molecule has 2 heterocycles. The van der Waals surface area contributed by atoms with E-state index in [0.29, 0.717) is 49.7 Å². The summed E-state index contributed by atoms with van der Waals surface area (Å²) < 4.78 is 27.3. The summed E-state index contributed by atoms with van der Waals surface area (Å²) in [5, 5.41) is 2.85. The second kappa shape index (κ2) is 9.92. The summed E-state index contributed by atoms with van der Waals surface area (Å²) in [6, 6.07) is 7.06. The minimum absolute atomic E-state index is 0.0810. The number of hydrogen-bond acceptors (Lipinski definition) is 4. The van der Waals surface area contributed by atoms with Crippen LogP contribution in [0.25, 0.3) is 0 Å². The lowest BCUT2D eigenvalue weighted by Crippen LogP contribution is -2.43. The van der Waals surface area contributed by atoms with Crippen LogP contribution in [-0.2, 0) is 19.6 Å². The van der Waals surface area contributed by atoms with Crippen molar-refractivity contribution in [1.82, 2.24) is 14.5 Å². The molecule has 0 radical (unpaired) electrons. The summed E-state index contributed by atoms with van der Waals surface area (Å²) >= 11 is 0. The Morgan fingerprint density at radius 3 is 2.20 bits per heavy atom. The SMILES string of the molecule is CC(C)c1ccc(S(=O)(=O)N2CCC(C(=O)NCCC(=O)N3CCCC3)CC2)cc1. The van der Waals surface area contributed by atoms with Crippen molar-refractivity contribution in [2.24, 2.45) is 5.92 Å². The van der Waals surface area contributed by atoms with Gasteiger partial charge in [-0.1, -0.05) is 26.0 Å². The number of rotatable bonds is 7. The van der Waals surface area contributed by atoms with Gasteiger partial charge < -0.3 is 10.2 Å². The lowest BCUT2D eigenvalue weighted by Gasteiger charge is -2.30. The van der Waals surface area contributed by atoms with Crippen molar-refractivity contribution in [3.8, 4) is 0 Å². The van der Waals surface area contributed by atoms with Gasteiger partial charge in [0.15, 0.2) is 0 Å². The number of nitrogens with one attached hydrogen (secondary N) is 1. The Labute approximate surface area is 179 Å². The van der Waals surface area contributed by atoms with Crippen LogP contribution in [0.5, 0.6) is 0 Å². The van der Waals surface area contributed by atoms with Gasteiger partial charge in [-0.25, -0.2) is 8.42 Å². The van der Waals surface area contributed by atoms with E-state index in [2.05, 4.69) is 19.2 Å². The summed E-state index contributed by atoms with van der Waals surface area (Å²) in [6.07, 6.45) is 3.43. The molecule has 30 heavy (non-hydrogen) atoms. The van der Waals surface area contributed by atoms with Gasteiger partial charge in [0.05, 0.1) is 4.90 Å². The molecule has 0 bridgehead atoms. The van der Waals surface area contributed by atoms with E-state index < -0.39 is 10.0 Å². The van der Waals surface area contributed by atoms with Gasteiger partial charge in [-0.15, -0.1) is 0 Å². The second-order valence-corrected chi connectivity index (χ2v) is 10.5. The Hall–Kier alpha value is -1.93. The van der Waals surface area contributed by atoms with Gasteiger partial charge in [-0.3, -0.25) is 9.59 Å². The van der Waals surface area contributed by atoms with Crippen LogP contribution in [0, 0.1) is 5.92 Å². The van der Waals surface area contributed by atoms with E-state index in [0.717, 1.165) is 31.5 Å². The quantitative estimate of drug-likeness (QED) is 0.712. The Morgan fingerprint density at radius 2 is 1.63 bits per heavy atom. The Morgan fingerprint density at radius 1 is 1.03 bits per heavy atom. The first-order chi connectivity index (χ1) is 14.3. The van der Waals surface area contributed by atoms with Crippen molar-refractivity contribution in [2.45, 2.75) is 56.8 Å². The molecule has 8 heteroatoms. The first-order valence-electron chi connectivity index (χ1n) is 10.9. The zero-order valence-electron chi connectivity index (χ0n) is 18.0. The minimum Gasteiger partial charge on any atom is -0.355 e. The fourth-order valence-electron chi connectivity index (χ4n) is 4.09. The fraction of sp³-hybridized carbons (Fsp3) is 0.636. The van der Waals surface area contributed by atoms with Crippen molar-refractivity contribution in [3.63, 3.8) is 0 Å². The molecule has 2 fully saturated rings. The molecular formula is C22H33N3O4S. The molecule has 1 N–H and O–H groups in total. The second-order valence-electron chi connectivity index (χ2n) is 8.53. The van der Waals surface area contributed by atoms with E-state index >= 15 is 0 Å². The Bertz CT molecular complexity index is 838. The van der Waals surface area contributed by atoms with Gasteiger partial charge in [0.2, 0.25) is 21.8 Å². The van der Waals surface area contributed by atoms with Crippen LogP contribution in [0.1, 0.15) is 57.4 Å². The van der Waals surface area contributed by atoms with Gasteiger partial charge in [-0.05, 0) is 49.3 Å². The molecule has 0 aromatic heterocycles. The molecule has 3 rings (SSSR count). The largest absolute Gasteiger partial charge is 0.355 e. The molecule has 0 aliphatic carbocycles. The maximum atomic E-state index is 12.9. The summed E-state index contributed by atoms with van der Waals surface area (Å²) in [6.45, 7) is 6.79. The highest BCUT2D eigenvalue weighted by Gasteiger charge is 2.32. The van der Waals surface area contributed by atoms with E-state index in [-0.39, 0.29) is 17.7 Å². The number of hydrogen-bond donors (Lipinski definition) is 1. The van der Waals surface area contributed by atoms with Crippen LogP contribution < -0.4 is 5.32 Å². The molecule has 0 saturated carbocycles. The van der Waals surface area contributed by atoms with Crippen molar-refractivity contribution in [2.75, 3.05) is 32.7 Å². The first-order valence-corrected chi connectivity index (χ1v) is 12.4. The normalized spacial score (nSPS) is 18.7. The van der Waals surface area contributed by atoms with Crippen molar-refractivity contribution < 1.29 is 18.0 Å². The maximum Gasteiger partial charge on any atom is 0.243 e. The van der Waals surface area contributed by atoms with E-state index in [4.69, 9.17) is 0 Å². The monoisotopic (exact) mass is 435 g/mol. The number of amides is 2. The number of piperidine rings is 1. The third kappa shape index (κ3) is 5.40. The van der Waals surface area contributed by atoms with Crippen molar-refractivity contribution in [1.29, 1.82) is 0 Å². The molecule has 2 saturated heterocycles. The molecule has 2 aliphatic rings. The highest BCUT2D eigenvalue weighted by Crippen LogP contribution is 2.25. The number of likely N-dealkylation sites (tertiary alicyclic amines) is 1. The van der Waals surface area contributed by atoms with Crippen LogP contribution >= 0.6 is 0 Å². The van der Waals surface area contributed by atoms with Crippen molar-refractivity contribution in [3.05, 3.63) is 29.8 Å². The van der Waals surface area contributed by atoms with Gasteiger partial charge >= 0.3 is 0 Å². The van der Waals surface area contributed by atoms with E-state index in [1.807, 2.05) is 17.0 Å². The molecule has 0 unspecified atom stereocenters. The van der Waals surface area contributed by atoms with Crippen LogP contribution in [-0.4, -0.2) is 62.2 Å².